The van der Waals surface area contributed by atoms with Gasteiger partial charge in [0.15, 0.2) is 0 Å². The van der Waals surface area contributed by atoms with Crippen LogP contribution in [0.5, 0.6) is 0 Å². The van der Waals surface area contributed by atoms with Crippen LogP contribution in [0.1, 0.15) is 12.0 Å². The molecule has 2 rings (SSSR count). The van der Waals surface area contributed by atoms with Crippen molar-refractivity contribution in [3.05, 3.63) is 35.6 Å². The Kier molecular flexibility index (Phi) is 6.38. The van der Waals surface area contributed by atoms with E-state index in [1.165, 1.54) is 12.1 Å². The molecule has 0 bridgehead atoms. The van der Waals surface area contributed by atoms with Crippen LogP contribution in [-0.4, -0.2) is 55.0 Å². The summed E-state index contributed by atoms with van der Waals surface area (Å²) in [7, 11) is 0. The number of halogens is 1. The van der Waals surface area contributed by atoms with Crippen molar-refractivity contribution in [2.45, 2.75) is 13.0 Å². The van der Waals surface area contributed by atoms with E-state index in [9.17, 15) is 9.18 Å². The Labute approximate surface area is 131 Å². The van der Waals surface area contributed by atoms with Crippen LogP contribution in [0.3, 0.4) is 0 Å². The largest absolute Gasteiger partial charge is 0.344 e. The number of rotatable bonds is 5. The molecule has 118 valence electrons. The van der Waals surface area contributed by atoms with E-state index in [1.54, 1.807) is 0 Å². The number of hydrogen-bond donors (Lipinski definition) is 1. The molecule has 1 amide bonds. The van der Waals surface area contributed by atoms with Crippen LogP contribution in [0, 0.1) is 18.2 Å². The van der Waals surface area contributed by atoms with Gasteiger partial charge in [-0.2, -0.15) is 0 Å². The first-order valence-corrected chi connectivity index (χ1v) is 7.56. The highest BCUT2D eigenvalue weighted by atomic mass is 19.1. The average molecular weight is 303 g/mol. The molecule has 1 aliphatic heterocycles. The maximum atomic E-state index is 12.9. The van der Waals surface area contributed by atoms with E-state index in [0.717, 1.165) is 44.7 Å². The lowest BCUT2D eigenvalue weighted by atomic mass is 10.2. The molecule has 0 aromatic heterocycles. The smallest absolute Gasteiger partial charge is 0.234 e. The molecule has 0 unspecified atom stereocenters. The summed E-state index contributed by atoms with van der Waals surface area (Å²) in [6.07, 6.45) is 6.14. The first-order valence-electron chi connectivity index (χ1n) is 7.56. The van der Waals surface area contributed by atoms with Crippen molar-refractivity contribution >= 4 is 5.91 Å². The van der Waals surface area contributed by atoms with Crippen molar-refractivity contribution in [2.24, 2.45) is 0 Å². The Bertz CT molecular complexity index is 524. The Morgan fingerprint density at radius 3 is 2.59 bits per heavy atom. The Morgan fingerprint density at radius 2 is 1.86 bits per heavy atom. The SMILES string of the molecule is C#CCNC(=O)CN1CCCN(Cc2ccc(F)cc2)CC1. The molecule has 5 heteroatoms. The number of nitrogens with one attached hydrogen (secondary N) is 1. The van der Waals surface area contributed by atoms with E-state index < -0.39 is 0 Å². The number of amides is 1. The number of carbonyl (C=O) groups excluding carboxylic acids is 1. The van der Waals surface area contributed by atoms with Gasteiger partial charge in [-0.05, 0) is 37.2 Å². The quantitative estimate of drug-likeness (QED) is 0.827. The zero-order chi connectivity index (χ0) is 15.8. The van der Waals surface area contributed by atoms with Crippen molar-refractivity contribution in [2.75, 3.05) is 39.3 Å². The van der Waals surface area contributed by atoms with Crippen molar-refractivity contribution in [3.8, 4) is 12.3 Å². The fraction of sp³-hybridized carbons (Fsp3) is 0.471. The molecule has 0 saturated carbocycles. The summed E-state index contributed by atoms with van der Waals surface area (Å²) < 4.78 is 12.9. The van der Waals surface area contributed by atoms with E-state index in [2.05, 4.69) is 21.0 Å². The highest BCUT2D eigenvalue weighted by Crippen LogP contribution is 2.10. The summed E-state index contributed by atoms with van der Waals surface area (Å²) >= 11 is 0. The van der Waals surface area contributed by atoms with Gasteiger partial charge in [-0.15, -0.1) is 6.42 Å². The molecule has 1 aromatic rings. The second-order valence-electron chi connectivity index (χ2n) is 5.51. The highest BCUT2D eigenvalue weighted by Gasteiger charge is 2.16. The van der Waals surface area contributed by atoms with Crippen LogP contribution in [0.15, 0.2) is 24.3 Å². The zero-order valence-electron chi connectivity index (χ0n) is 12.7. The molecule has 1 heterocycles. The molecule has 0 aliphatic carbocycles. The number of hydrogen-bond acceptors (Lipinski definition) is 3. The van der Waals surface area contributed by atoms with Gasteiger partial charge in [0.05, 0.1) is 13.1 Å². The molecule has 1 N–H and O–H groups in total. The van der Waals surface area contributed by atoms with Crippen molar-refractivity contribution in [3.63, 3.8) is 0 Å². The molecular weight excluding hydrogens is 281 g/mol. The van der Waals surface area contributed by atoms with E-state index in [-0.39, 0.29) is 18.3 Å². The van der Waals surface area contributed by atoms with Gasteiger partial charge in [0.25, 0.3) is 0 Å². The Balaban J connectivity index is 1.78. The van der Waals surface area contributed by atoms with E-state index >= 15 is 0 Å². The minimum atomic E-state index is -0.205. The van der Waals surface area contributed by atoms with Crippen LogP contribution < -0.4 is 5.32 Å². The molecule has 0 radical (unpaired) electrons. The number of nitrogens with zero attached hydrogens (tertiary/aromatic N) is 2. The van der Waals surface area contributed by atoms with Crippen molar-refractivity contribution in [1.82, 2.24) is 15.1 Å². The molecule has 22 heavy (non-hydrogen) atoms. The third-order valence-electron chi connectivity index (χ3n) is 3.76. The summed E-state index contributed by atoms with van der Waals surface area (Å²) in [6.45, 7) is 5.14. The Hall–Kier alpha value is -1.90. The Morgan fingerprint density at radius 1 is 1.18 bits per heavy atom. The number of benzene rings is 1. The average Bonchev–Trinajstić information content (AvgIpc) is 2.73. The minimum Gasteiger partial charge on any atom is -0.344 e. The topological polar surface area (TPSA) is 35.6 Å². The molecule has 1 aliphatic rings. The van der Waals surface area contributed by atoms with Crippen molar-refractivity contribution in [1.29, 1.82) is 0 Å². The van der Waals surface area contributed by atoms with Gasteiger partial charge in [0.1, 0.15) is 5.82 Å². The number of carbonyl (C=O) groups is 1. The van der Waals surface area contributed by atoms with Crippen LogP contribution in [0.4, 0.5) is 4.39 Å². The van der Waals surface area contributed by atoms with E-state index in [0.29, 0.717) is 6.54 Å². The van der Waals surface area contributed by atoms with Gasteiger partial charge in [-0.3, -0.25) is 14.6 Å². The fourth-order valence-electron chi connectivity index (χ4n) is 2.60. The molecule has 1 saturated heterocycles. The third-order valence-corrected chi connectivity index (χ3v) is 3.76. The minimum absolute atomic E-state index is 0.0232. The predicted octanol–water partition coefficient (Wildman–Crippen LogP) is 1.08. The lowest BCUT2D eigenvalue weighted by Gasteiger charge is -2.21. The van der Waals surface area contributed by atoms with Gasteiger partial charge in [-0.1, -0.05) is 18.1 Å². The van der Waals surface area contributed by atoms with Crippen LogP contribution in [-0.2, 0) is 11.3 Å². The molecule has 4 nitrogen and oxygen atoms in total. The van der Waals surface area contributed by atoms with Gasteiger partial charge in [0.2, 0.25) is 5.91 Å². The molecule has 0 atom stereocenters. The van der Waals surface area contributed by atoms with Crippen molar-refractivity contribution < 1.29 is 9.18 Å². The molecule has 1 fully saturated rings. The van der Waals surface area contributed by atoms with Crippen LogP contribution >= 0.6 is 0 Å². The standard InChI is InChI=1S/C17H22FN3O/c1-2-8-19-17(22)14-21-10-3-9-20(11-12-21)13-15-4-6-16(18)7-5-15/h1,4-7H,3,8-14H2,(H,19,22). The summed E-state index contributed by atoms with van der Waals surface area (Å²) in [5.41, 5.74) is 1.11. The second kappa shape index (κ2) is 8.52. The van der Waals surface area contributed by atoms with Gasteiger partial charge >= 0.3 is 0 Å². The summed E-state index contributed by atoms with van der Waals surface area (Å²) in [5.74, 6) is 2.17. The molecule has 0 spiro atoms. The maximum absolute atomic E-state index is 12.9. The van der Waals surface area contributed by atoms with E-state index in [1.807, 2.05) is 12.1 Å². The molecular formula is C17H22FN3O. The first-order chi connectivity index (χ1) is 10.7. The van der Waals surface area contributed by atoms with Gasteiger partial charge in [-0.25, -0.2) is 4.39 Å². The van der Waals surface area contributed by atoms with Crippen LogP contribution in [0.25, 0.3) is 0 Å². The normalized spacial score (nSPS) is 16.7. The lowest BCUT2D eigenvalue weighted by molar-refractivity contribution is -0.121. The zero-order valence-corrected chi connectivity index (χ0v) is 12.7. The predicted molar refractivity (Wildman–Crippen MR) is 84.6 cm³/mol. The highest BCUT2D eigenvalue weighted by molar-refractivity contribution is 5.78. The van der Waals surface area contributed by atoms with E-state index in [4.69, 9.17) is 6.42 Å². The van der Waals surface area contributed by atoms with Gasteiger partial charge in [0, 0.05) is 19.6 Å². The first kappa shape index (κ1) is 16.5. The second-order valence-corrected chi connectivity index (χ2v) is 5.51. The third kappa shape index (κ3) is 5.47. The van der Waals surface area contributed by atoms with Gasteiger partial charge < -0.3 is 5.32 Å². The van der Waals surface area contributed by atoms with Crippen LogP contribution in [0.2, 0.25) is 0 Å². The molecule has 1 aromatic carbocycles. The summed E-state index contributed by atoms with van der Waals surface area (Å²) in [4.78, 5) is 16.2. The summed E-state index contributed by atoms with van der Waals surface area (Å²) in [5, 5.41) is 2.69. The monoisotopic (exact) mass is 303 g/mol. The lowest BCUT2D eigenvalue weighted by Crippen LogP contribution is -2.39. The maximum Gasteiger partial charge on any atom is 0.234 e. The summed E-state index contributed by atoms with van der Waals surface area (Å²) in [6, 6.07) is 6.64. The fourth-order valence-corrected chi connectivity index (χ4v) is 2.60. The number of terminal acetylenes is 1.